The molecule has 1 aliphatic rings. The maximum absolute atomic E-state index is 13.5. The molecule has 1 N–H and O–H groups in total. The van der Waals surface area contributed by atoms with Crippen LogP contribution in [0.15, 0.2) is 58.2 Å². The summed E-state index contributed by atoms with van der Waals surface area (Å²) < 4.78 is 36.2. The second kappa shape index (κ2) is 11.3. The highest BCUT2D eigenvalue weighted by Crippen LogP contribution is 2.32. The minimum Gasteiger partial charge on any atom is -0.493 e. The summed E-state index contributed by atoms with van der Waals surface area (Å²) in [7, 11) is -1.75. The van der Waals surface area contributed by atoms with Crippen LogP contribution in [0.25, 0.3) is 22.4 Å². The fourth-order valence-corrected chi connectivity index (χ4v) is 6.33. The van der Waals surface area contributed by atoms with Crippen molar-refractivity contribution in [2.75, 3.05) is 39.8 Å². The summed E-state index contributed by atoms with van der Waals surface area (Å²) in [6, 6.07) is 14.7. The van der Waals surface area contributed by atoms with Gasteiger partial charge in [-0.25, -0.2) is 13.4 Å². The Balaban J connectivity index is 1.62. The normalized spacial score (nSPS) is 15.2. The summed E-state index contributed by atoms with van der Waals surface area (Å²) in [6.07, 6.45) is 1.54. The standard InChI is InChI=1S/C28H34N6O4S/c1-4-9-23-25-26(31-34(23)19-20-10-7-6-8-11-20)28(35)30-27(29-25)22-18-21(12-13-24(22)38-5-2)39(36,37)33-16-14-32(3)15-17-33/h6-8,10-13,18H,4-5,9,14-17,19H2,1-3H3,(H,29,30,35). The quantitative estimate of drug-likeness (QED) is 0.341. The number of H-pyrrole nitrogens is 1. The zero-order chi connectivity index (χ0) is 27.6. The van der Waals surface area contributed by atoms with Gasteiger partial charge in [0.2, 0.25) is 10.0 Å². The fraction of sp³-hybridized carbons (Fsp3) is 0.393. The molecule has 2 aromatic heterocycles. The number of nitrogens with zero attached hydrogens (tertiary/aromatic N) is 5. The van der Waals surface area contributed by atoms with Crippen LogP contribution in [0.5, 0.6) is 5.75 Å². The van der Waals surface area contributed by atoms with Crippen LogP contribution in [0.3, 0.4) is 0 Å². The minimum absolute atomic E-state index is 0.141. The first-order chi connectivity index (χ1) is 18.8. The molecular formula is C28H34N6O4S. The molecule has 4 aromatic rings. The number of fused-ring (bicyclic) bond motifs is 1. The summed E-state index contributed by atoms with van der Waals surface area (Å²) in [4.78, 5) is 23.2. The van der Waals surface area contributed by atoms with Gasteiger partial charge in [0.05, 0.1) is 29.3 Å². The number of nitrogens with one attached hydrogen (secondary N) is 1. The monoisotopic (exact) mass is 550 g/mol. The molecule has 1 aliphatic heterocycles. The minimum atomic E-state index is -3.73. The Bertz CT molecular complexity index is 1620. The molecule has 0 radical (unpaired) electrons. The number of aryl methyl sites for hydroxylation is 1. The number of benzene rings is 2. The van der Waals surface area contributed by atoms with E-state index in [4.69, 9.17) is 9.72 Å². The van der Waals surface area contributed by atoms with Crippen LogP contribution in [0.1, 0.15) is 31.5 Å². The molecule has 0 aliphatic carbocycles. The third kappa shape index (κ3) is 5.47. The van der Waals surface area contributed by atoms with Gasteiger partial charge >= 0.3 is 0 Å². The Kier molecular flexibility index (Phi) is 7.83. The van der Waals surface area contributed by atoms with Crippen molar-refractivity contribution >= 4 is 21.1 Å². The van der Waals surface area contributed by atoms with E-state index in [0.29, 0.717) is 62.6 Å². The molecule has 39 heavy (non-hydrogen) atoms. The van der Waals surface area contributed by atoms with Gasteiger partial charge < -0.3 is 14.6 Å². The first kappa shape index (κ1) is 27.0. The Morgan fingerprint density at radius 2 is 1.74 bits per heavy atom. The molecule has 0 unspecified atom stereocenters. The summed E-state index contributed by atoms with van der Waals surface area (Å²) in [5.74, 6) is 0.703. The zero-order valence-electron chi connectivity index (χ0n) is 22.6. The van der Waals surface area contributed by atoms with E-state index >= 15 is 0 Å². The smallest absolute Gasteiger partial charge is 0.279 e. The van der Waals surface area contributed by atoms with Crippen molar-refractivity contribution in [3.05, 3.63) is 70.1 Å². The third-order valence-corrected chi connectivity index (χ3v) is 8.86. The topological polar surface area (TPSA) is 113 Å². The Morgan fingerprint density at radius 1 is 1.00 bits per heavy atom. The number of likely N-dealkylation sites (N-methyl/N-ethyl adjacent to an activating group) is 1. The van der Waals surface area contributed by atoms with E-state index in [1.807, 2.05) is 49.0 Å². The Labute approximate surface area is 228 Å². The van der Waals surface area contributed by atoms with Gasteiger partial charge in [-0.05, 0) is 44.2 Å². The number of aromatic amines is 1. The summed E-state index contributed by atoms with van der Waals surface area (Å²) in [5.41, 5.74) is 2.75. The number of hydrogen-bond acceptors (Lipinski definition) is 7. The Hall–Kier alpha value is -3.54. The molecular weight excluding hydrogens is 516 g/mol. The van der Waals surface area contributed by atoms with Crippen LogP contribution in [-0.4, -0.2) is 77.2 Å². The van der Waals surface area contributed by atoms with Gasteiger partial charge in [-0.2, -0.15) is 9.40 Å². The van der Waals surface area contributed by atoms with E-state index in [-0.39, 0.29) is 21.8 Å². The average molecular weight is 551 g/mol. The van der Waals surface area contributed by atoms with E-state index in [9.17, 15) is 13.2 Å². The van der Waals surface area contributed by atoms with Crippen LogP contribution in [0.4, 0.5) is 0 Å². The van der Waals surface area contributed by atoms with Crippen LogP contribution in [0, 0.1) is 0 Å². The Morgan fingerprint density at radius 3 is 2.44 bits per heavy atom. The van der Waals surface area contributed by atoms with Crippen molar-refractivity contribution in [3.8, 4) is 17.1 Å². The maximum atomic E-state index is 13.5. The molecule has 1 fully saturated rings. The van der Waals surface area contributed by atoms with Crippen LogP contribution >= 0.6 is 0 Å². The summed E-state index contributed by atoms with van der Waals surface area (Å²) in [5, 5.41) is 4.62. The van der Waals surface area contributed by atoms with Crippen molar-refractivity contribution in [1.29, 1.82) is 0 Å². The van der Waals surface area contributed by atoms with Gasteiger partial charge in [-0.3, -0.25) is 9.48 Å². The molecule has 11 heteroatoms. The molecule has 3 heterocycles. The number of piperazine rings is 1. The van der Waals surface area contributed by atoms with Crippen LogP contribution in [0.2, 0.25) is 0 Å². The van der Waals surface area contributed by atoms with Crippen molar-refractivity contribution in [2.45, 2.75) is 38.1 Å². The van der Waals surface area contributed by atoms with E-state index in [2.05, 4.69) is 21.9 Å². The number of rotatable bonds is 9. The first-order valence-electron chi connectivity index (χ1n) is 13.3. The molecule has 0 atom stereocenters. The predicted molar refractivity (Wildman–Crippen MR) is 151 cm³/mol. The van der Waals surface area contributed by atoms with E-state index < -0.39 is 10.0 Å². The molecule has 5 rings (SSSR count). The molecule has 206 valence electrons. The molecule has 10 nitrogen and oxygen atoms in total. The highest BCUT2D eigenvalue weighted by molar-refractivity contribution is 7.89. The van der Waals surface area contributed by atoms with Gasteiger partial charge in [0.25, 0.3) is 5.56 Å². The molecule has 0 spiro atoms. The number of sulfonamides is 1. The highest BCUT2D eigenvalue weighted by Gasteiger charge is 2.29. The van der Waals surface area contributed by atoms with Crippen molar-refractivity contribution < 1.29 is 13.2 Å². The van der Waals surface area contributed by atoms with Crippen molar-refractivity contribution in [1.82, 2.24) is 29.0 Å². The van der Waals surface area contributed by atoms with E-state index in [0.717, 1.165) is 17.7 Å². The molecule has 0 saturated carbocycles. The SMILES string of the molecule is CCCc1c2nc(-c3cc(S(=O)(=O)N4CCN(C)CC4)ccc3OCC)[nH]c(=O)c2nn1Cc1ccccc1. The number of aromatic nitrogens is 4. The second-order valence-corrected chi connectivity index (χ2v) is 11.7. The van der Waals surface area contributed by atoms with E-state index in [1.165, 1.54) is 4.31 Å². The largest absolute Gasteiger partial charge is 0.493 e. The lowest BCUT2D eigenvalue weighted by Gasteiger charge is -2.31. The fourth-order valence-electron chi connectivity index (χ4n) is 4.88. The highest BCUT2D eigenvalue weighted by atomic mass is 32.2. The van der Waals surface area contributed by atoms with Gasteiger partial charge in [0.15, 0.2) is 5.52 Å². The van der Waals surface area contributed by atoms with Crippen molar-refractivity contribution in [3.63, 3.8) is 0 Å². The van der Waals surface area contributed by atoms with Gasteiger partial charge in [0.1, 0.15) is 17.1 Å². The van der Waals surface area contributed by atoms with Crippen LogP contribution in [-0.2, 0) is 23.0 Å². The lowest BCUT2D eigenvalue weighted by atomic mass is 10.1. The molecule has 2 aromatic carbocycles. The lowest BCUT2D eigenvalue weighted by Crippen LogP contribution is -2.47. The number of ether oxygens (including phenoxy) is 1. The van der Waals surface area contributed by atoms with Crippen LogP contribution < -0.4 is 10.3 Å². The third-order valence-electron chi connectivity index (χ3n) is 6.97. The lowest BCUT2D eigenvalue weighted by molar-refractivity contribution is 0.222. The second-order valence-electron chi connectivity index (χ2n) is 9.75. The summed E-state index contributed by atoms with van der Waals surface area (Å²) in [6.45, 7) is 6.99. The van der Waals surface area contributed by atoms with Gasteiger partial charge in [-0.15, -0.1) is 0 Å². The van der Waals surface area contributed by atoms with E-state index in [1.54, 1.807) is 18.2 Å². The van der Waals surface area contributed by atoms with Crippen molar-refractivity contribution in [2.24, 2.45) is 0 Å². The molecule has 1 saturated heterocycles. The molecule has 0 amide bonds. The zero-order valence-corrected chi connectivity index (χ0v) is 23.4. The predicted octanol–water partition coefficient (Wildman–Crippen LogP) is 3.12. The maximum Gasteiger partial charge on any atom is 0.279 e. The summed E-state index contributed by atoms with van der Waals surface area (Å²) >= 11 is 0. The first-order valence-corrected chi connectivity index (χ1v) is 14.7. The van der Waals surface area contributed by atoms with Gasteiger partial charge in [-0.1, -0.05) is 43.7 Å². The van der Waals surface area contributed by atoms with Gasteiger partial charge in [0, 0.05) is 26.2 Å². The average Bonchev–Trinajstić information content (AvgIpc) is 3.27. The number of hydrogen-bond donors (Lipinski definition) is 1. The molecule has 0 bridgehead atoms.